The van der Waals surface area contributed by atoms with E-state index in [2.05, 4.69) is 5.32 Å². The maximum absolute atomic E-state index is 14.5. The predicted octanol–water partition coefficient (Wildman–Crippen LogP) is 4.10. The number of nitrogens with zero attached hydrogens (tertiary/aromatic N) is 2. The van der Waals surface area contributed by atoms with Gasteiger partial charge in [-0.1, -0.05) is 36.4 Å². The second-order valence-electron chi connectivity index (χ2n) is 8.75. The summed E-state index contributed by atoms with van der Waals surface area (Å²) in [5, 5.41) is 2.73. The van der Waals surface area contributed by atoms with Gasteiger partial charge in [-0.25, -0.2) is 17.2 Å². The Kier molecular flexibility index (Phi) is 8.99. The lowest BCUT2D eigenvalue weighted by Gasteiger charge is -2.32. The average Bonchev–Trinajstić information content (AvgIpc) is 2.86. The molecule has 10 heteroatoms. The van der Waals surface area contributed by atoms with E-state index < -0.39 is 46.1 Å². The average molecular weight is 530 g/mol. The molecule has 1 atom stereocenters. The summed E-state index contributed by atoms with van der Waals surface area (Å²) >= 11 is 0. The lowest BCUT2D eigenvalue weighted by atomic mass is 10.1. The Balaban J connectivity index is 2.01. The molecule has 2 amide bonds. The highest BCUT2D eigenvalue weighted by atomic mass is 32.2. The van der Waals surface area contributed by atoms with Gasteiger partial charge in [0.2, 0.25) is 11.8 Å². The van der Waals surface area contributed by atoms with Crippen LogP contribution in [0.4, 0.5) is 14.5 Å². The van der Waals surface area contributed by atoms with Gasteiger partial charge < -0.3 is 10.2 Å². The van der Waals surface area contributed by atoms with Crippen LogP contribution in [0.3, 0.4) is 0 Å². The van der Waals surface area contributed by atoms with Gasteiger partial charge in [0.25, 0.3) is 10.0 Å². The van der Waals surface area contributed by atoms with Gasteiger partial charge in [0.1, 0.15) is 24.2 Å². The van der Waals surface area contributed by atoms with Gasteiger partial charge in [-0.15, -0.1) is 0 Å². The molecule has 0 spiro atoms. The van der Waals surface area contributed by atoms with E-state index in [1.54, 1.807) is 38.1 Å². The molecule has 0 heterocycles. The molecule has 0 aromatic heterocycles. The van der Waals surface area contributed by atoms with Crippen LogP contribution >= 0.6 is 0 Å². The van der Waals surface area contributed by atoms with Crippen LogP contribution in [0.25, 0.3) is 0 Å². The van der Waals surface area contributed by atoms with Gasteiger partial charge in [0.15, 0.2) is 0 Å². The highest BCUT2D eigenvalue weighted by Crippen LogP contribution is 2.24. The minimum Gasteiger partial charge on any atom is -0.352 e. The van der Waals surface area contributed by atoms with E-state index in [1.807, 2.05) is 0 Å². The molecular formula is C27H29F2N3O4S. The molecule has 3 aromatic carbocycles. The Labute approximate surface area is 215 Å². The number of hydrogen-bond acceptors (Lipinski definition) is 4. The number of carbonyl (C=O) groups excluding carboxylic acids is 2. The summed E-state index contributed by atoms with van der Waals surface area (Å²) in [4.78, 5) is 27.4. The van der Waals surface area contributed by atoms with Crippen molar-refractivity contribution >= 4 is 27.5 Å². The number of amides is 2. The Morgan fingerprint density at radius 1 is 0.865 bits per heavy atom. The molecule has 0 saturated heterocycles. The molecule has 0 aliphatic heterocycles. The maximum Gasteiger partial charge on any atom is 0.264 e. The second kappa shape index (κ2) is 12.0. The summed E-state index contributed by atoms with van der Waals surface area (Å²) in [6.45, 7) is 4.10. The van der Waals surface area contributed by atoms with Crippen molar-refractivity contribution in [2.45, 2.75) is 44.3 Å². The molecule has 3 rings (SSSR count). The molecule has 1 N–H and O–H groups in total. The fraction of sp³-hybridized carbons (Fsp3) is 0.259. The summed E-state index contributed by atoms with van der Waals surface area (Å²) in [7, 11) is -4.30. The topological polar surface area (TPSA) is 86.8 Å². The van der Waals surface area contributed by atoms with Gasteiger partial charge in [-0.05, 0) is 63.2 Å². The van der Waals surface area contributed by atoms with E-state index >= 15 is 0 Å². The molecule has 0 unspecified atom stereocenters. The first-order chi connectivity index (χ1) is 17.5. The zero-order valence-electron chi connectivity index (χ0n) is 20.8. The molecule has 0 radical (unpaired) electrons. The summed E-state index contributed by atoms with van der Waals surface area (Å²) in [6, 6.07) is 16.8. The van der Waals surface area contributed by atoms with Crippen molar-refractivity contribution in [1.29, 1.82) is 0 Å². The second-order valence-corrected chi connectivity index (χ2v) is 10.6. The number of sulfonamides is 1. The van der Waals surface area contributed by atoms with Crippen molar-refractivity contribution in [3.63, 3.8) is 0 Å². The molecule has 0 bridgehead atoms. The summed E-state index contributed by atoms with van der Waals surface area (Å²) in [5.41, 5.74) is 0.373. The van der Waals surface area contributed by atoms with E-state index in [1.165, 1.54) is 37.3 Å². The third-order valence-corrected chi connectivity index (χ3v) is 7.41. The Morgan fingerprint density at radius 3 is 2.05 bits per heavy atom. The smallest absolute Gasteiger partial charge is 0.264 e. The van der Waals surface area contributed by atoms with Crippen LogP contribution in [0.1, 0.15) is 26.3 Å². The largest absolute Gasteiger partial charge is 0.352 e. The fourth-order valence-electron chi connectivity index (χ4n) is 3.65. The maximum atomic E-state index is 14.5. The normalized spacial score (nSPS) is 12.2. The van der Waals surface area contributed by atoms with Gasteiger partial charge in [0, 0.05) is 18.2 Å². The van der Waals surface area contributed by atoms with Gasteiger partial charge >= 0.3 is 0 Å². The van der Waals surface area contributed by atoms with E-state index in [9.17, 15) is 26.8 Å². The first kappa shape index (κ1) is 27.8. The molecule has 196 valence electrons. The monoisotopic (exact) mass is 529 g/mol. The lowest BCUT2D eigenvalue weighted by molar-refractivity contribution is -0.139. The van der Waals surface area contributed by atoms with Crippen LogP contribution in [-0.2, 0) is 26.2 Å². The summed E-state index contributed by atoms with van der Waals surface area (Å²) in [6.07, 6.45) is 0. The Bertz CT molecular complexity index is 1330. The highest BCUT2D eigenvalue weighted by molar-refractivity contribution is 7.92. The number of hydrogen-bond donors (Lipinski definition) is 1. The standard InChI is InChI=1S/C27H29F2N3O4S/c1-19(2)30-27(34)20(3)31(17-21-9-7-8-12-25(21)29)26(33)18-32(23-10-5-4-6-11-23)37(35,36)24-15-13-22(28)14-16-24/h4-16,19-20H,17-18H2,1-3H3,(H,30,34)/t20-/m1/s1. The number of halogens is 2. The SMILES string of the molecule is CC(C)NC(=O)[C@@H](C)N(Cc1ccccc1F)C(=O)CN(c1ccccc1)S(=O)(=O)c1ccc(F)cc1. The zero-order valence-corrected chi connectivity index (χ0v) is 21.6. The van der Waals surface area contributed by atoms with E-state index in [0.717, 1.165) is 33.5 Å². The van der Waals surface area contributed by atoms with Gasteiger partial charge in [0.05, 0.1) is 10.6 Å². The van der Waals surface area contributed by atoms with Crippen LogP contribution in [0.5, 0.6) is 0 Å². The van der Waals surface area contributed by atoms with Crippen LogP contribution < -0.4 is 9.62 Å². The molecular weight excluding hydrogens is 500 g/mol. The molecule has 7 nitrogen and oxygen atoms in total. The third kappa shape index (κ3) is 6.91. The number of carbonyl (C=O) groups is 2. The Hall–Kier alpha value is -3.79. The molecule has 0 aliphatic rings. The minimum absolute atomic E-state index is 0.174. The lowest BCUT2D eigenvalue weighted by Crippen LogP contribution is -2.52. The Morgan fingerprint density at radius 2 is 1.46 bits per heavy atom. The number of para-hydroxylation sites is 1. The van der Waals surface area contributed by atoms with Crippen LogP contribution in [0, 0.1) is 11.6 Å². The first-order valence-corrected chi connectivity index (χ1v) is 13.1. The quantitative estimate of drug-likeness (QED) is 0.429. The van der Waals surface area contributed by atoms with E-state index in [0.29, 0.717) is 0 Å². The van der Waals surface area contributed by atoms with Crippen molar-refractivity contribution in [3.8, 4) is 0 Å². The van der Waals surface area contributed by atoms with Crippen molar-refractivity contribution in [1.82, 2.24) is 10.2 Å². The fourth-order valence-corrected chi connectivity index (χ4v) is 5.07. The van der Waals surface area contributed by atoms with Crippen molar-refractivity contribution in [2.24, 2.45) is 0 Å². The minimum atomic E-state index is -4.30. The predicted molar refractivity (Wildman–Crippen MR) is 137 cm³/mol. The highest BCUT2D eigenvalue weighted by Gasteiger charge is 2.33. The van der Waals surface area contributed by atoms with E-state index in [-0.39, 0.29) is 28.7 Å². The number of nitrogens with one attached hydrogen (secondary N) is 1. The number of benzene rings is 3. The summed E-state index contributed by atoms with van der Waals surface area (Å²) in [5.74, 6) is -2.35. The van der Waals surface area contributed by atoms with Crippen molar-refractivity contribution in [3.05, 3.63) is 96.1 Å². The summed E-state index contributed by atoms with van der Waals surface area (Å²) < 4.78 is 56.0. The zero-order chi connectivity index (χ0) is 27.2. The van der Waals surface area contributed by atoms with Gasteiger partial charge in [-0.3, -0.25) is 13.9 Å². The molecule has 0 saturated carbocycles. The van der Waals surface area contributed by atoms with Crippen molar-refractivity contribution < 1.29 is 26.8 Å². The van der Waals surface area contributed by atoms with E-state index in [4.69, 9.17) is 0 Å². The van der Waals surface area contributed by atoms with Crippen LogP contribution in [0.15, 0.2) is 83.8 Å². The molecule has 37 heavy (non-hydrogen) atoms. The molecule has 3 aromatic rings. The van der Waals surface area contributed by atoms with Crippen molar-refractivity contribution in [2.75, 3.05) is 10.8 Å². The number of rotatable bonds is 10. The molecule has 0 fully saturated rings. The molecule has 0 aliphatic carbocycles. The van der Waals surface area contributed by atoms with Crippen LogP contribution in [0.2, 0.25) is 0 Å². The van der Waals surface area contributed by atoms with Gasteiger partial charge in [-0.2, -0.15) is 0 Å². The third-order valence-electron chi connectivity index (χ3n) is 5.62. The first-order valence-electron chi connectivity index (χ1n) is 11.7. The van der Waals surface area contributed by atoms with Crippen LogP contribution in [-0.4, -0.2) is 43.8 Å². The number of anilines is 1.